The van der Waals surface area contributed by atoms with Gasteiger partial charge in [0.1, 0.15) is 10.1 Å². The Kier molecular flexibility index (Phi) is 4.70. The minimum absolute atomic E-state index is 0.154. The molecule has 0 unspecified atom stereocenters. The van der Waals surface area contributed by atoms with E-state index in [9.17, 15) is 14.9 Å². The number of fused-ring (bicyclic) bond motifs is 1. The van der Waals surface area contributed by atoms with Crippen LogP contribution in [0.4, 0.5) is 5.69 Å². The number of aromatic nitrogens is 2. The van der Waals surface area contributed by atoms with Crippen molar-refractivity contribution in [1.29, 1.82) is 0 Å². The summed E-state index contributed by atoms with van der Waals surface area (Å²) in [5, 5.41) is 12.4. The van der Waals surface area contributed by atoms with Crippen LogP contribution < -0.4 is 0 Å². The largest absolute Gasteiger partial charge is 0.345 e. The van der Waals surface area contributed by atoms with Gasteiger partial charge in [0.05, 0.1) is 4.92 Å². The zero-order chi connectivity index (χ0) is 19.8. The molecule has 8 heteroatoms. The Bertz CT molecular complexity index is 1240. The van der Waals surface area contributed by atoms with Crippen LogP contribution in [0.5, 0.6) is 0 Å². The molecule has 0 aliphatic carbocycles. The Labute approximate surface area is 172 Å². The molecule has 28 heavy (non-hydrogen) atoms. The van der Waals surface area contributed by atoms with Crippen molar-refractivity contribution in [1.82, 2.24) is 9.97 Å². The number of rotatable bonds is 4. The molecule has 2 heterocycles. The van der Waals surface area contributed by atoms with E-state index in [0.717, 1.165) is 11.1 Å². The van der Waals surface area contributed by atoms with Crippen LogP contribution in [0.25, 0.3) is 22.2 Å². The fraction of sp³-hybridized carbons (Fsp3) is 0. The van der Waals surface area contributed by atoms with Crippen LogP contribution in [0.2, 0.25) is 5.02 Å². The van der Waals surface area contributed by atoms with Gasteiger partial charge in [0.2, 0.25) is 0 Å². The number of nitro benzene ring substituents is 1. The van der Waals surface area contributed by atoms with Crippen LogP contribution >= 0.6 is 27.5 Å². The molecule has 2 aromatic heterocycles. The first kappa shape index (κ1) is 18.3. The monoisotopic (exact) mass is 455 g/mol. The lowest BCUT2D eigenvalue weighted by molar-refractivity contribution is -0.385. The first-order valence-electron chi connectivity index (χ1n) is 8.16. The van der Waals surface area contributed by atoms with Crippen molar-refractivity contribution in [3.8, 4) is 11.1 Å². The molecule has 0 radical (unpaired) electrons. The van der Waals surface area contributed by atoms with Crippen molar-refractivity contribution in [3.63, 3.8) is 0 Å². The average molecular weight is 457 g/mol. The number of carbonyl (C=O) groups is 1. The third kappa shape index (κ3) is 3.19. The molecule has 0 spiro atoms. The number of aromatic amines is 1. The van der Waals surface area contributed by atoms with E-state index in [4.69, 9.17) is 11.6 Å². The number of nitro groups is 1. The SMILES string of the molecule is O=C(c1cccc([N+](=O)[O-])c1Br)c1c[nH]c2ncc(-c3ccc(Cl)cc3)cc12. The zero-order valence-corrected chi connectivity index (χ0v) is 16.5. The van der Waals surface area contributed by atoms with Gasteiger partial charge in [-0.05, 0) is 45.8 Å². The van der Waals surface area contributed by atoms with Crippen LogP contribution in [-0.4, -0.2) is 20.7 Å². The van der Waals surface area contributed by atoms with E-state index in [0.29, 0.717) is 21.6 Å². The topological polar surface area (TPSA) is 88.9 Å². The minimum atomic E-state index is -0.531. The van der Waals surface area contributed by atoms with Gasteiger partial charge in [-0.25, -0.2) is 4.98 Å². The van der Waals surface area contributed by atoms with Crippen molar-refractivity contribution in [2.24, 2.45) is 0 Å². The first-order chi connectivity index (χ1) is 13.5. The smallest absolute Gasteiger partial charge is 0.284 e. The molecule has 0 saturated heterocycles. The van der Waals surface area contributed by atoms with Crippen molar-refractivity contribution < 1.29 is 9.72 Å². The van der Waals surface area contributed by atoms with Crippen molar-refractivity contribution in [3.05, 3.63) is 91.7 Å². The normalized spacial score (nSPS) is 10.9. The highest BCUT2D eigenvalue weighted by Crippen LogP contribution is 2.32. The van der Waals surface area contributed by atoms with E-state index in [1.807, 2.05) is 18.2 Å². The molecule has 2 aromatic carbocycles. The lowest BCUT2D eigenvalue weighted by Gasteiger charge is -2.05. The lowest BCUT2D eigenvalue weighted by Crippen LogP contribution is -2.03. The van der Waals surface area contributed by atoms with Crippen molar-refractivity contribution in [2.75, 3.05) is 0 Å². The molecule has 0 saturated carbocycles. The molecule has 0 atom stereocenters. The maximum Gasteiger partial charge on any atom is 0.284 e. The second-order valence-corrected chi connectivity index (χ2v) is 7.28. The Morgan fingerprint density at radius 2 is 1.86 bits per heavy atom. The van der Waals surface area contributed by atoms with Crippen LogP contribution in [0, 0.1) is 10.1 Å². The Balaban J connectivity index is 1.82. The van der Waals surface area contributed by atoms with Gasteiger partial charge in [0.25, 0.3) is 5.69 Å². The fourth-order valence-electron chi connectivity index (χ4n) is 2.97. The standard InChI is InChI=1S/C20H11BrClN3O3/c21-18-14(2-1-3-17(18)25(27)28)19(26)16-10-24-20-15(16)8-12(9-23-20)11-4-6-13(22)7-5-11/h1-10H,(H,23,24). The van der Waals surface area contributed by atoms with E-state index in [1.165, 1.54) is 12.1 Å². The minimum Gasteiger partial charge on any atom is -0.345 e. The molecular formula is C20H11BrClN3O3. The Morgan fingerprint density at radius 1 is 1.11 bits per heavy atom. The Morgan fingerprint density at radius 3 is 2.57 bits per heavy atom. The summed E-state index contributed by atoms with van der Waals surface area (Å²) in [6, 6.07) is 13.6. The van der Waals surface area contributed by atoms with Crippen molar-refractivity contribution in [2.45, 2.75) is 0 Å². The highest BCUT2D eigenvalue weighted by molar-refractivity contribution is 9.10. The summed E-state index contributed by atoms with van der Waals surface area (Å²) in [4.78, 5) is 31.1. The van der Waals surface area contributed by atoms with E-state index >= 15 is 0 Å². The quantitative estimate of drug-likeness (QED) is 0.239. The lowest BCUT2D eigenvalue weighted by atomic mass is 10.0. The van der Waals surface area contributed by atoms with Gasteiger partial charge in [-0.15, -0.1) is 0 Å². The molecule has 0 fully saturated rings. The summed E-state index contributed by atoms with van der Waals surface area (Å²) in [6.07, 6.45) is 3.27. The van der Waals surface area contributed by atoms with Gasteiger partial charge in [0, 0.05) is 45.6 Å². The number of hydrogen-bond donors (Lipinski definition) is 1. The molecule has 0 amide bonds. The van der Waals surface area contributed by atoms with Gasteiger partial charge < -0.3 is 4.98 Å². The number of nitrogens with one attached hydrogen (secondary N) is 1. The maximum atomic E-state index is 13.1. The summed E-state index contributed by atoms with van der Waals surface area (Å²) in [7, 11) is 0. The second-order valence-electron chi connectivity index (χ2n) is 6.05. The number of halogens is 2. The molecule has 0 aliphatic heterocycles. The van der Waals surface area contributed by atoms with Gasteiger partial charge in [0.15, 0.2) is 5.78 Å². The molecule has 0 aliphatic rings. The number of carbonyl (C=O) groups excluding carboxylic acids is 1. The number of nitrogens with zero attached hydrogens (tertiary/aromatic N) is 2. The summed E-state index contributed by atoms with van der Waals surface area (Å²) in [5.41, 5.74) is 2.74. The molecule has 4 rings (SSSR count). The highest BCUT2D eigenvalue weighted by Gasteiger charge is 2.22. The predicted octanol–water partition coefficient (Wildman–Crippen LogP) is 5.79. The number of benzene rings is 2. The number of pyridine rings is 1. The summed E-state index contributed by atoms with van der Waals surface area (Å²) < 4.78 is 0.154. The molecule has 4 aromatic rings. The molecule has 0 bridgehead atoms. The second kappa shape index (κ2) is 7.18. The molecule has 6 nitrogen and oxygen atoms in total. The maximum absolute atomic E-state index is 13.1. The van der Waals surface area contributed by atoms with Crippen LogP contribution in [-0.2, 0) is 0 Å². The van der Waals surface area contributed by atoms with E-state index in [1.54, 1.807) is 30.6 Å². The van der Waals surface area contributed by atoms with Crippen LogP contribution in [0.3, 0.4) is 0 Å². The van der Waals surface area contributed by atoms with Gasteiger partial charge in [-0.1, -0.05) is 29.8 Å². The van der Waals surface area contributed by atoms with E-state index in [-0.39, 0.29) is 21.5 Å². The van der Waals surface area contributed by atoms with Gasteiger partial charge >= 0.3 is 0 Å². The van der Waals surface area contributed by atoms with Crippen LogP contribution in [0.1, 0.15) is 15.9 Å². The summed E-state index contributed by atoms with van der Waals surface area (Å²) >= 11 is 9.13. The molecule has 138 valence electrons. The third-order valence-electron chi connectivity index (χ3n) is 4.37. The average Bonchev–Trinajstić information content (AvgIpc) is 3.11. The number of ketones is 1. The molecule has 1 N–H and O–H groups in total. The number of H-pyrrole nitrogens is 1. The van der Waals surface area contributed by atoms with Gasteiger partial charge in [-0.3, -0.25) is 14.9 Å². The Hall–Kier alpha value is -3.03. The first-order valence-corrected chi connectivity index (χ1v) is 9.33. The highest BCUT2D eigenvalue weighted by atomic mass is 79.9. The predicted molar refractivity (Wildman–Crippen MR) is 111 cm³/mol. The summed E-state index contributed by atoms with van der Waals surface area (Å²) in [6.45, 7) is 0. The zero-order valence-electron chi connectivity index (χ0n) is 14.1. The number of hydrogen-bond acceptors (Lipinski definition) is 4. The van der Waals surface area contributed by atoms with Crippen LogP contribution in [0.15, 0.2) is 65.4 Å². The van der Waals surface area contributed by atoms with E-state index in [2.05, 4.69) is 25.9 Å². The van der Waals surface area contributed by atoms with E-state index < -0.39 is 4.92 Å². The summed E-state index contributed by atoms with van der Waals surface area (Å²) in [5.74, 6) is -0.336. The van der Waals surface area contributed by atoms with Gasteiger partial charge in [-0.2, -0.15) is 0 Å². The van der Waals surface area contributed by atoms with Crippen molar-refractivity contribution >= 4 is 50.0 Å². The molecular weight excluding hydrogens is 446 g/mol. The third-order valence-corrected chi connectivity index (χ3v) is 5.46. The fourth-order valence-corrected chi connectivity index (χ4v) is 3.69.